The van der Waals surface area contributed by atoms with E-state index in [-0.39, 0.29) is 30.2 Å². The summed E-state index contributed by atoms with van der Waals surface area (Å²) in [7, 11) is 1.97. The van der Waals surface area contributed by atoms with Crippen molar-refractivity contribution in [3.63, 3.8) is 0 Å². The third kappa shape index (κ3) is 10.4. The lowest BCUT2D eigenvalue weighted by molar-refractivity contribution is 0.212. The molecule has 0 heterocycles. The van der Waals surface area contributed by atoms with Crippen LogP contribution in [0.25, 0.3) is 0 Å². The largest absolute Gasteiger partial charge is 0.396 e. The van der Waals surface area contributed by atoms with Gasteiger partial charge in [0, 0.05) is 13.2 Å². The molecule has 0 amide bonds. The quantitative estimate of drug-likeness (QED) is 0.641. The van der Waals surface area contributed by atoms with Crippen LogP contribution in [0.5, 0.6) is 0 Å². The molecule has 0 aromatic rings. The SMILES string of the molecule is Br.CN(CCO)CCCCO. The molecular weight excluding hydrogens is 210 g/mol. The van der Waals surface area contributed by atoms with Crippen LogP contribution in [0.1, 0.15) is 12.8 Å². The Bertz CT molecular complexity index is 73.5. The van der Waals surface area contributed by atoms with Gasteiger partial charge in [-0.25, -0.2) is 0 Å². The average molecular weight is 228 g/mol. The van der Waals surface area contributed by atoms with Crippen LogP contribution in [-0.2, 0) is 0 Å². The van der Waals surface area contributed by atoms with E-state index in [0.29, 0.717) is 0 Å². The van der Waals surface area contributed by atoms with Crippen molar-refractivity contribution in [2.24, 2.45) is 0 Å². The highest BCUT2D eigenvalue weighted by molar-refractivity contribution is 8.93. The molecule has 0 fully saturated rings. The van der Waals surface area contributed by atoms with Crippen LogP contribution < -0.4 is 0 Å². The summed E-state index contributed by atoms with van der Waals surface area (Å²) in [6.45, 7) is 2.18. The zero-order chi connectivity index (χ0) is 7.82. The second-order valence-corrected chi connectivity index (χ2v) is 2.46. The smallest absolute Gasteiger partial charge is 0.0558 e. The first-order valence-corrected chi connectivity index (χ1v) is 3.71. The lowest BCUT2D eigenvalue weighted by Gasteiger charge is -2.13. The molecule has 2 N–H and O–H groups in total. The first-order chi connectivity index (χ1) is 4.81. The summed E-state index contributed by atoms with van der Waals surface area (Å²) in [6, 6.07) is 0. The molecule has 0 aromatic carbocycles. The summed E-state index contributed by atoms with van der Waals surface area (Å²) >= 11 is 0. The summed E-state index contributed by atoms with van der Waals surface area (Å²) in [5.74, 6) is 0. The molecule has 11 heavy (non-hydrogen) atoms. The van der Waals surface area contributed by atoms with E-state index in [0.717, 1.165) is 25.9 Å². The Morgan fingerprint density at radius 2 is 1.64 bits per heavy atom. The van der Waals surface area contributed by atoms with Gasteiger partial charge in [-0.3, -0.25) is 0 Å². The third-order valence-corrected chi connectivity index (χ3v) is 1.43. The van der Waals surface area contributed by atoms with E-state index in [1.54, 1.807) is 0 Å². The van der Waals surface area contributed by atoms with E-state index in [1.807, 2.05) is 7.05 Å². The van der Waals surface area contributed by atoms with Crippen molar-refractivity contribution in [3.8, 4) is 0 Å². The molecule has 3 nitrogen and oxygen atoms in total. The van der Waals surface area contributed by atoms with Gasteiger partial charge in [0.1, 0.15) is 0 Å². The van der Waals surface area contributed by atoms with Gasteiger partial charge in [-0.2, -0.15) is 0 Å². The second-order valence-electron chi connectivity index (χ2n) is 2.46. The van der Waals surface area contributed by atoms with E-state index in [1.165, 1.54) is 0 Å². The summed E-state index contributed by atoms with van der Waals surface area (Å²) in [5, 5.41) is 16.9. The fourth-order valence-corrected chi connectivity index (χ4v) is 0.776. The maximum absolute atomic E-state index is 8.50. The highest BCUT2D eigenvalue weighted by atomic mass is 79.9. The summed E-state index contributed by atoms with van der Waals surface area (Å²) in [5.41, 5.74) is 0. The molecule has 0 aromatic heterocycles. The minimum Gasteiger partial charge on any atom is -0.396 e. The Balaban J connectivity index is 0. The Morgan fingerprint density at radius 1 is 1.00 bits per heavy atom. The van der Waals surface area contributed by atoms with E-state index in [9.17, 15) is 0 Å². The second kappa shape index (κ2) is 10.4. The molecule has 0 aliphatic rings. The van der Waals surface area contributed by atoms with Gasteiger partial charge < -0.3 is 15.1 Å². The highest BCUT2D eigenvalue weighted by Crippen LogP contribution is 1.90. The van der Waals surface area contributed by atoms with Gasteiger partial charge in [-0.1, -0.05) is 0 Å². The van der Waals surface area contributed by atoms with Gasteiger partial charge in [0.05, 0.1) is 6.61 Å². The monoisotopic (exact) mass is 227 g/mol. The van der Waals surface area contributed by atoms with Crippen molar-refractivity contribution < 1.29 is 10.2 Å². The van der Waals surface area contributed by atoms with Gasteiger partial charge in [0.2, 0.25) is 0 Å². The van der Waals surface area contributed by atoms with Crippen LogP contribution in [-0.4, -0.2) is 48.5 Å². The fraction of sp³-hybridized carbons (Fsp3) is 1.00. The van der Waals surface area contributed by atoms with E-state index in [2.05, 4.69) is 4.90 Å². The number of aliphatic hydroxyl groups excluding tert-OH is 2. The van der Waals surface area contributed by atoms with Crippen molar-refractivity contribution in [1.82, 2.24) is 4.90 Å². The minimum absolute atomic E-state index is 0. The van der Waals surface area contributed by atoms with Crippen molar-refractivity contribution in [2.75, 3.05) is 33.4 Å². The molecule has 0 saturated heterocycles. The van der Waals surface area contributed by atoms with Crippen LogP contribution in [0.3, 0.4) is 0 Å². The maximum atomic E-state index is 8.50. The predicted octanol–water partition coefficient (Wildman–Crippen LogP) is 0.261. The molecule has 0 saturated carbocycles. The normalized spacial score (nSPS) is 9.82. The molecule has 0 radical (unpaired) electrons. The summed E-state index contributed by atoms with van der Waals surface area (Å²) < 4.78 is 0. The lowest BCUT2D eigenvalue weighted by Crippen LogP contribution is -2.23. The Labute approximate surface area is 78.8 Å². The van der Waals surface area contributed by atoms with Gasteiger partial charge in [-0.05, 0) is 26.4 Å². The van der Waals surface area contributed by atoms with Crippen molar-refractivity contribution in [3.05, 3.63) is 0 Å². The highest BCUT2D eigenvalue weighted by Gasteiger charge is 1.94. The minimum atomic E-state index is 0. The van der Waals surface area contributed by atoms with Crippen LogP contribution >= 0.6 is 17.0 Å². The first kappa shape index (κ1) is 13.9. The lowest BCUT2D eigenvalue weighted by atomic mass is 10.3. The Kier molecular flexibility index (Phi) is 13.1. The summed E-state index contributed by atoms with van der Waals surface area (Å²) in [4.78, 5) is 2.05. The Morgan fingerprint density at radius 3 is 2.09 bits per heavy atom. The first-order valence-electron chi connectivity index (χ1n) is 3.71. The molecule has 0 atom stereocenters. The molecular formula is C7H18BrNO2. The maximum Gasteiger partial charge on any atom is 0.0558 e. The van der Waals surface area contributed by atoms with E-state index in [4.69, 9.17) is 10.2 Å². The van der Waals surface area contributed by atoms with Crippen molar-refractivity contribution >= 4 is 17.0 Å². The van der Waals surface area contributed by atoms with Crippen molar-refractivity contribution in [2.45, 2.75) is 12.8 Å². The molecule has 0 aliphatic heterocycles. The number of hydrogen-bond donors (Lipinski definition) is 2. The van der Waals surface area contributed by atoms with Crippen molar-refractivity contribution in [1.29, 1.82) is 0 Å². The van der Waals surface area contributed by atoms with Crippen LogP contribution in [0.4, 0.5) is 0 Å². The van der Waals surface area contributed by atoms with Gasteiger partial charge in [0.25, 0.3) is 0 Å². The van der Waals surface area contributed by atoms with Gasteiger partial charge >= 0.3 is 0 Å². The number of aliphatic hydroxyl groups is 2. The number of rotatable bonds is 6. The van der Waals surface area contributed by atoms with Crippen LogP contribution in [0, 0.1) is 0 Å². The van der Waals surface area contributed by atoms with Crippen LogP contribution in [0.15, 0.2) is 0 Å². The number of likely N-dealkylation sites (N-methyl/N-ethyl adjacent to an activating group) is 1. The zero-order valence-corrected chi connectivity index (χ0v) is 8.71. The predicted molar refractivity (Wildman–Crippen MR) is 51.2 cm³/mol. The zero-order valence-electron chi connectivity index (χ0n) is 6.99. The third-order valence-electron chi connectivity index (χ3n) is 1.43. The average Bonchev–Trinajstić information content (AvgIpc) is 1.89. The molecule has 70 valence electrons. The van der Waals surface area contributed by atoms with Crippen LogP contribution in [0.2, 0.25) is 0 Å². The molecule has 0 bridgehead atoms. The number of hydrogen-bond acceptors (Lipinski definition) is 3. The molecule has 0 aliphatic carbocycles. The standard InChI is InChI=1S/C7H17NO2.BrH/c1-8(5-7-10)4-2-3-6-9;/h9-10H,2-7H2,1H3;1H. The number of nitrogens with zero attached hydrogens (tertiary/aromatic N) is 1. The molecule has 0 rings (SSSR count). The summed E-state index contributed by atoms with van der Waals surface area (Å²) in [6.07, 6.45) is 1.86. The molecule has 0 spiro atoms. The Hall–Kier alpha value is 0.360. The van der Waals surface area contributed by atoms with Gasteiger partial charge in [0.15, 0.2) is 0 Å². The number of halogens is 1. The van der Waals surface area contributed by atoms with E-state index >= 15 is 0 Å². The molecule has 0 unspecified atom stereocenters. The molecule has 4 heteroatoms. The fourth-order valence-electron chi connectivity index (χ4n) is 0.776. The van der Waals surface area contributed by atoms with Gasteiger partial charge in [-0.15, -0.1) is 17.0 Å². The topological polar surface area (TPSA) is 43.7 Å². The number of unbranched alkanes of at least 4 members (excludes halogenated alkanes) is 1. The van der Waals surface area contributed by atoms with E-state index < -0.39 is 0 Å².